The average Bonchev–Trinajstić information content (AvgIpc) is 3.20. The summed E-state index contributed by atoms with van der Waals surface area (Å²) in [5.41, 5.74) is 4.61. The summed E-state index contributed by atoms with van der Waals surface area (Å²) >= 11 is 7.50. The third-order valence-corrected chi connectivity index (χ3v) is 5.28. The van der Waals surface area contributed by atoms with Crippen molar-refractivity contribution >= 4 is 39.5 Å². The monoisotopic (exact) mass is 381 g/mol. The highest BCUT2D eigenvalue weighted by atomic mass is 35.5. The van der Waals surface area contributed by atoms with E-state index in [0.29, 0.717) is 5.02 Å². The Morgan fingerprint density at radius 3 is 2.81 bits per heavy atom. The van der Waals surface area contributed by atoms with Gasteiger partial charge in [-0.1, -0.05) is 41.9 Å². The van der Waals surface area contributed by atoms with Gasteiger partial charge in [0.1, 0.15) is 0 Å². The van der Waals surface area contributed by atoms with Crippen molar-refractivity contribution in [3.8, 4) is 11.3 Å². The predicted octanol–water partition coefficient (Wildman–Crippen LogP) is 5.21. The molecule has 0 spiro atoms. The third-order valence-electron chi connectivity index (χ3n) is 4.16. The third kappa shape index (κ3) is 3.36. The van der Waals surface area contributed by atoms with Crippen LogP contribution >= 0.6 is 22.9 Å². The topological polar surface area (TPSA) is 46.4 Å². The van der Waals surface area contributed by atoms with Crippen molar-refractivity contribution in [3.05, 3.63) is 76.4 Å². The molecule has 1 N–H and O–H groups in total. The summed E-state index contributed by atoms with van der Waals surface area (Å²) in [5.74, 6) is -0.0647. The molecule has 130 valence electrons. The number of aromatic nitrogens is 2. The number of rotatable bonds is 4. The summed E-state index contributed by atoms with van der Waals surface area (Å²) in [5, 5.41) is 5.59. The highest BCUT2D eigenvalue weighted by Crippen LogP contribution is 2.24. The maximum atomic E-state index is 12.5. The van der Waals surface area contributed by atoms with Crippen LogP contribution in [-0.2, 0) is 11.2 Å². The predicted molar refractivity (Wildman–Crippen MR) is 107 cm³/mol. The molecule has 4 rings (SSSR count). The van der Waals surface area contributed by atoms with Crippen molar-refractivity contribution in [3.63, 3.8) is 0 Å². The molecule has 2 aromatic carbocycles. The van der Waals surface area contributed by atoms with Gasteiger partial charge in [-0.3, -0.25) is 9.20 Å². The Bertz CT molecular complexity index is 1090. The SMILES string of the molecule is Cc1cc(Cl)ccc1NC(=O)Cc1csc2nc(-c3ccccc3)cn12. The first kappa shape index (κ1) is 16.8. The van der Waals surface area contributed by atoms with Gasteiger partial charge in [0.25, 0.3) is 0 Å². The summed E-state index contributed by atoms with van der Waals surface area (Å²) < 4.78 is 1.99. The van der Waals surface area contributed by atoms with Gasteiger partial charge >= 0.3 is 0 Å². The van der Waals surface area contributed by atoms with E-state index in [1.54, 1.807) is 6.07 Å². The zero-order chi connectivity index (χ0) is 18.1. The van der Waals surface area contributed by atoms with Crippen molar-refractivity contribution in [2.45, 2.75) is 13.3 Å². The first-order chi connectivity index (χ1) is 12.6. The number of nitrogens with one attached hydrogen (secondary N) is 1. The number of carbonyl (C=O) groups excluding carboxylic acids is 1. The molecule has 0 aliphatic rings. The largest absolute Gasteiger partial charge is 0.326 e. The quantitative estimate of drug-likeness (QED) is 0.527. The number of anilines is 1. The van der Waals surface area contributed by atoms with Crippen molar-refractivity contribution in [1.29, 1.82) is 0 Å². The lowest BCUT2D eigenvalue weighted by Crippen LogP contribution is -2.16. The molecule has 0 radical (unpaired) electrons. The van der Waals surface area contributed by atoms with Gasteiger partial charge < -0.3 is 5.32 Å². The minimum absolute atomic E-state index is 0.0647. The fourth-order valence-electron chi connectivity index (χ4n) is 2.83. The Labute approximate surface area is 160 Å². The second-order valence-corrected chi connectivity index (χ2v) is 7.33. The Morgan fingerprint density at radius 2 is 2.04 bits per heavy atom. The van der Waals surface area contributed by atoms with E-state index in [9.17, 15) is 4.79 Å². The first-order valence-corrected chi connectivity index (χ1v) is 9.43. The highest BCUT2D eigenvalue weighted by Gasteiger charge is 2.13. The normalized spacial score (nSPS) is 11.0. The van der Waals surface area contributed by atoms with Crippen LogP contribution in [0.15, 0.2) is 60.1 Å². The maximum absolute atomic E-state index is 12.5. The van der Waals surface area contributed by atoms with E-state index in [1.165, 1.54) is 11.3 Å². The number of hydrogen-bond acceptors (Lipinski definition) is 3. The van der Waals surface area contributed by atoms with Crippen LogP contribution in [-0.4, -0.2) is 15.3 Å². The molecule has 0 atom stereocenters. The van der Waals surface area contributed by atoms with Crippen LogP contribution in [0.25, 0.3) is 16.2 Å². The van der Waals surface area contributed by atoms with Crippen LogP contribution in [0.4, 0.5) is 5.69 Å². The van der Waals surface area contributed by atoms with Crippen molar-refractivity contribution in [2.24, 2.45) is 0 Å². The number of benzene rings is 2. The lowest BCUT2D eigenvalue weighted by atomic mass is 10.2. The number of hydrogen-bond donors (Lipinski definition) is 1. The molecule has 0 fully saturated rings. The molecular formula is C20H16ClN3OS. The van der Waals surface area contributed by atoms with Crippen LogP contribution < -0.4 is 5.32 Å². The fourth-order valence-corrected chi connectivity index (χ4v) is 3.93. The summed E-state index contributed by atoms with van der Waals surface area (Å²) in [6, 6.07) is 15.5. The van der Waals surface area contributed by atoms with Gasteiger partial charge in [0.2, 0.25) is 5.91 Å². The summed E-state index contributed by atoms with van der Waals surface area (Å²) in [6.45, 7) is 1.92. The zero-order valence-corrected chi connectivity index (χ0v) is 15.6. The molecule has 2 aromatic heterocycles. The van der Waals surface area contributed by atoms with Crippen LogP contribution in [0.3, 0.4) is 0 Å². The Kier molecular flexibility index (Phi) is 4.49. The number of imidazole rings is 1. The molecule has 0 aliphatic carbocycles. The fraction of sp³-hybridized carbons (Fsp3) is 0.100. The van der Waals surface area contributed by atoms with Gasteiger partial charge in [-0.05, 0) is 30.7 Å². The molecule has 6 heteroatoms. The van der Waals surface area contributed by atoms with Crippen molar-refractivity contribution < 1.29 is 4.79 Å². The second-order valence-electron chi connectivity index (χ2n) is 6.06. The molecule has 0 unspecified atom stereocenters. The first-order valence-electron chi connectivity index (χ1n) is 8.17. The van der Waals surface area contributed by atoms with Crippen molar-refractivity contribution in [1.82, 2.24) is 9.38 Å². The molecule has 0 aliphatic heterocycles. The number of carbonyl (C=O) groups is 1. The van der Waals surface area contributed by atoms with E-state index < -0.39 is 0 Å². The number of fused-ring (bicyclic) bond motifs is 1. The van der Waals surface area contributed by atoms with E-state index in [-0.39, 0.29) is 12.3 Å². The number of nitrogens with zero attached hydrogens (tertiary/aromatic N) is 2. The van der Waals surface area contributed by atoms with Gasteiger partial charge in [-0.2, -0.15) is 0 Å². The number of amides is 1. The minimum atomic E-state index is -0.0647. The molecule has 26 heavy (non-hydrogen) atoms. The zero-order valence-electron chi connectivity index (χ0n) is 14.1. The standard InChI is InChI=1S/C20H16ClN3OS/c1-13-9-15(21)7-8-17(13)22-19(25)10-16-12-26-20-23-18(11-24(16)20)14-5-3-2-4-6-14/h2-9,11-12H,10H2,1H3,(H,22,25). The van der Waals surface area contributed by atoms with Crippen LogP contribution in [0.5, 0.6) is 0 Å². The highest BCUT2D eigenvalue weighted by molar-refractivity contribution is 7.15. The number of halogens is 1. The Hall–Kier alpha value is -2.63. The van der Waals surface area contributed by atoms with E-state index in [0.717, 1.165) is 33.2 Å². The molecule has 2 heterocycles. The van der Waals surface area contributed by atoms with Crippen LogP contribution in [0.1, 0.15) is 11.3 Å². The van der Waals surface area contributed by atoms with Gasteiger partial charge in [0.05, 0.1) is 12.1 Å². The molecule has 0 saturated heterocycles. The molecule has 4 nitrogen and oxygen atoms in total. The second kappa shape index (κ2) is 6.94. The van der Waals surface area contributed by atoms with E-state index >= 15 is 0 Å². The lowest BCUT2D eigenvalue weighted by Gasteiger charge is -2.08. The van der Waals surface area contributed by atoms with E-state index in [4.69, 9.17) is 11.6 Å². The maximum Gasteiger partial charge on any atom is 0.230 e. The summed E-state index contributed by atoms with van der Waals surface area (Å²) in [4.78, 5) is 18.0. The Morgan fingerprint density at radius 1 is 1.23 bits per heavy atom. The lowest BCUT2D eigenvalue weighted by molar-refractivity contribution is -0.115. The van der Waals surface area contributed by atoms with Gasteiger partial charge in [-0.15, -0.1) is 11.3 Å². The molecule has 4 aromatic rings. The summed E-state index contributed by atoms with van der Waals surface area (Å²) in [7, 11) is 0. The molecule has 0 saturated carbocycles. The Balaban J connectivity index is 1.55. The molecular weight excluding hydrogens is 366 g/mol. The summed E-state index contributed by atoms with van der Waals surface area (Å²) in [6.07, 6.45) is 2.27. The van der Waals surface area contributed by atoms with Crippen LogP contribution in [0.2, 0.25) is 5.02 Å². The average molecular weight is 382 g/mol. The van der Waals surface area contributed by atoms with E-state index in [1.807, 2.05) is 65.4 Å². The van der Waals surface area contributed by atoms with Crippen LogP contribution in [0, 0.1) is 6.92 Å². The van der Waals surface area contributed by atoms with Gasteiger partial charge in [-0.25, -0.2) is 4.98 Å². The van der Waals surface area contributed by atoms with Crippen molar-refractivity contribution in [2.75, 3.05) is 5.32 Å². The van der Waals surface area contributed by atoms with Gasteiger partial charge in [0.15, 0.2) is 4.96 Å². The van der Waals surface area contributed by atoms with Gasteiger partial charge in [0, 0.05) is 33.5 Å². The molecule has 0 bridgehead atoms. The number of aryl methyl sites for hydroxylation is 1. The smallest absolute Gasteiger partial charge is 0.230 e. The minimum Gasteiger partial charge on any atom is -0.326 e. The number of thiazole rings is 1. The van der Waals surface area contributed by atoms with E-state index in [2.05, 4.69) is 10.3 Å². The molecule has 1 amide bonds.